The van der Waals surface area contributed by atoms with Gasteiger partial charge in [0.15, 0.2) is 5.75 Å². The zero-order chi connectivity index (χ0) is 13.9. The van der Waals surface area contributed by atoms with Crippen LogP contribution in [0.5, 0.6) is 11.5 Å². The zero-order valence-electron chi connectivity index (χ0n) is 10.2. The molecule has 0 heterocycles. The third kappa shape index (κ3) is 2.50. The summed E-state index contributed by atoms with van der Waals surface area (Å²) in [6, 6.07) is 2.60. The van der Waals surface area contributed by atoms with Crippen molar-refractivity contribution in [2.75, 3.05) is 14.2 Å². The smallest absolute Gasteiger partial charge is 0.315 e. The molecule has 18 heavy (non-hydrogen) atoms. The molecule has 0 amide bonds. The highest BCUT2D eigenvalue weighted by Crippen LogP contribution is 2.39. The van der Waals surface area contributed by atoms with Crippen molar-refractivity contribution in [2.45, 2.75) is 12.8 Å². The molecule has 0 spiro atoms. The molecule has 1 N–H and O–H groups in total. The topological polar surface area (TPSA) is 98.9 Å². The Morgan fingerprint density at radius 1 is 1.39 bits per heavy atom. The molecule has 0 aliphatic carbocycles. The number of rotatable bonds is 5. The van der Waals surface area contributed by atoms with Gasteiger partial charge in [0.1, 0.15) is 0 Å². The van der Waals surface area contributed by atoms with Crippen molar-refractivity contribution in [1.82, 2.24) is 0 Å². The van der Waals surface area contributed by atoms with Crippen LogP contribution < -0.4 is 9.47 Å². The highest BCUT2D eigenvalue weighted by molar-refractivity contribution is 5.77. The molecule has 7 nitrogen and oxygen atoms in total. The van der Waals surface area contributed by atoms with Gasteiger partial charge in [-0.3, -0.25) is 14.9 Å². The van der Waals surface area contributed by atoms with E-state index in [0.29, 0.717) is 0 Å². The monoisotopic (exact) mass is 255 g/mol. The predicted molar refractivity (Wildman–Crippen MR) is 62.3 cm³/mol. The Kier molecular flexibility index (Phi) is 4.09. The fourth-order valence-corrected chi connectivity index (χ4v) is 1.49. The van der Waals surface area contributed by atoms with E-state index in [1.807, 2.05) is 0 Å². The van der Waals surface area contributed by atoms with E-state index >= 15 is 0 Å². The first kappa shape index (κ1) is 13.8. The van der Waals surface area contributed by atoms with Crippen LogP contribution in [-0.2, 0) is 4.79 Å². The summed E-state index contributed by atoms with van der Waals surface area (Å²) in [5, 5.41) is 19.8. The number of nitro groups is 1. The maximum Gasteiger partial charge on any atom is 0.315 e. The van der Waals surface area contributed by atoms with Crippen molar-refractivity contribution in [1.29, 1.82) is 0 Å². The molecule has 1 aromatic carbocycles. The maximum absolute atomic E-state index is 10.9. The van der Waals surface area contributed by atoms with E-state index in [4.69, 9.17) is 14.6 Å². The first-order chi connectivity index (χ1) is 8.42. The van der Waals surface area contributed by atoms with Gasteiger partial charge in [-0.1, -0.05) is 0 Å². The minimum Gasteiger partial charge on any atom is -0.493 e. The van der Waals surface area contributed by atoms with Gasteiger partial charge >= 0.3 is 11.7 Å². The molecular weight excluding hydrogens is 242 g/mol. The minimum atomic E-state index is -1.07. The molecule has 0 bridgehead atoms. The number of hydrogen-bond acceptors (Lipinski definition) is 5. The molecule has 1 rings (SSSR count). The average Bonchev–Trinajstić information content (AvgIpc) is 2.35. The Labute approximate surface area is 103 Å². The van der Waals surface area contributed by atoms with Gasteiger partial charge in [-0.05, 0) is 18.6 Å². The van der Waals surface area contributed by atoms with Crippen LogP contribution in [0, 0.1) is 10.1 Å². The maximum atomic E-state index is 10.9. The van der Waals surface area contributed by atoms with E-state index in [1.165, 1.54) is 33.3 Å². The molecule has 0 saturated heterocycles. The highest BCUT2D eigenvalue weighted by Gasteiger charge is 2.25. The van der Waals surface area contributed by atoms with Crippen LogP contribution in [-0.4, -0.2) is 30.2 Å². The Morgan fingerprint density at radius 2 is 2.00 bits per heavy atom. The number of hydrogen-bond donors (Lipinski definition) is 1. The van der Waals surface area contributed by atoms with Crippen LogP contribution in [0.3, 0.4) is 0 Å². The van der Waals surface area contributed by atoms with Gasteiger partial charge in [0.2, 0.25) is 5.75 Å². The second kappa shape index (κ2) is 5.35. The van der Waals surface area contributed by atoms with Crippen LogP contribution in [0.25, 0.3) is 0 Å². The van der Waals surface area contributed by atoms with Crippen molar-refractivity contribution in [3.63, 3.8) is 0 Å². The lowest BCUT2D eigenvalue weighted by Crippen LogP contribution is -2.08. The molecule has 1 atom stereocenters. The lowest BCUT2D eigenvalue weighted by atomic mass is 10.00. The van der Waals surface area contributed by atoms with Gasteiger partial charge in [0.25, 0.3) is 0 Å². The summed E-state index contributed by atoms with van der Waals surface area (Å²) in [7, 11) is 2.61. The molecule has 1 aromatic rings. The molecule has 0 aromatic heterocycles. The number of aliphatic carboxylic acids is 1. The summed E-state index contributed by atoms with van der Waals surface area (Å²) in [6.07, 6.45) is 0. The number of ether oxygens (including phenoxy) is 2. The summed E-state index contributed by atoms with van der Waals surface area (Å²) in [5.41, 5.74) is -0.0354. The quantitative estimate of drug-likeness (QED) is 0.636. The van der Waals surface area contributed by atoms with Crippen LogP contribution in [0.15, 0.2) is 12.1 Å². The molecular formula is C11H13NO6. The second-order valence-electron chi connectivity index (χ2n) is 3.59. The summed E-state index contributed by atoms with van der Waals surface area (Å²) < 4.78 is 9.89. The molecule has 0 aliphatic heterocycles. The van der Waals surface area contributed by atoms with Crippen LogP contribution in [0.2, 0.25) is 0 Å². The Bertz CT molecular complexity index is 485. The van der Waals surface area contributed by atoms with Gasteiger partial charge < -0.3 is 14.6 Å². The Hall–Kier alpha value is -2.31. The zero-order valence-corrected chi connectivity index (χ0v) is 10.2. The molecule has 0 fully saturated rings. The third-order valence-corrected chi connectivity index (χ3v) is 2.55. The van der Waals surface area contributed by atoms with Crippen molar-refractivity contribution in [3.05, 3.63) is 27.8 Å². The van der Waals surface area contributed by atoms with Gasteiger partial charge in [0.05, 0.1) is 25.1 Å². The number of nitrogens with zero attached hydrogens (tertiary/aromatic N) is 1. The lowest BCUT2D eigenvalue weighted by molar-refractivity contribution is -0.385. The Morgan fingerprint density at radius 3 is 2.39 bits per heavy atom. The largest absolute Gasteiger partial charge is 0.493 e. The van der Waals surface area contributed by atoms with E-state index in [0.717, 1.165) is 0 Å². The van der Waals surface area contributed by atoms with Gasteiger partial charge in [-0.15, -0.1) is 0 Å². The molecule has 7 heteroatoms. The van der Waals surface area contributed by atoms with E-state index in [9.17, 15) is 14.9 Å². The summed E-state index contributed by atoms with van der Waals surface area (Å²) in [6.45, 7) is 1.44. The Balaban J connectivity index is 3.45. The molecule has 0 radical (unpaired) electrons. The summed E-state index contributed by atoms with van der Waals surface area (Å²) >= 11 is 0. The normalized spacial score (nSPS) is 11.7. The number of benzene rings is 1. The predicted octanol–water partition coefficient (Wildman–Crippen LogP) is 1.80. The first-order valence-electron chi connectivity index (χ1n) is 5.05. The molecule has 0 aliphatic rings. The van der Waals surface area contributed by atoms with E-state index < -0.39 is 16.8 Å². The minimum absolute atomic E-state index is 0.0242. The van der Waals surface area contributed by atoms with E-state index in [2.05, 4.69) is 0 Å². The van der Waals surface area contributed by atoms with E-state index in [-0.39, 0.29) is 22.7 Å². The summed E-state index contributed by atoms with van der Waals surface area (Å²) in [5.74, 6) is -1.83. The van der Waals surface area contributed by atoms with Crippen LogP contribution in [0.4, 0.5) is 5.69 Å². The van der Waals surface area contributed by atoms with Gasteiger partial charge in [-0.25, -0.2) is 0 Å². The van der Waals surface area contributed by atoms with Crippen molar-refractivity contribution in [3.8, 4) is 11.5 Å². The number of carbonyl (C=O) groups is 1. The van der Waals surface area contributed by atoms with E-state index in [1.54, 1.807) is 0 Å². The van der Waals surface area contributed by atoms with Gasteiger partial charge in [0, 0.05) is 6.07 Å². The average molecular weight is 255 g/mol. The van der Waals surface area contributed by atoms with Crippen LogP contribution >= 0.6 is 0 Å². The third-order valence-electron chi connectivity index (χ3n) is 2.55. The summed E-state index contributed by atoms with van der Waals surface area (Å²) in [4.78, 5) is 21.2. The fraction of sp³-hybridized carbons (Fsp3) is 0.364. The van der Waals surface area contributed by atoms with Crippen molar-refractivity contribution in [2.24, 2.45) is 0 Å². The number of carboxylic acid groups (broad SMARTS) is 1. The fourth-order valence-electron chi connectivity index (χ4n) is 1.49. The van der Waals surface area contributed by atoms with Gasteiger partial charge in [-0.2, -0.15) is 0 Å². The molecule has 0 saturated carbocycles. The number of carboxylic acids is 1. The van der Waals surface area contributed by atoms with Crippen molar-refractivity contribution < 1.29 is 24.3 Å². The first-order valence-corrected chi connectivity index (χ1v) is 5.05. The number of nitro benzene ring substituents is 1. The van der Waals surface area contributed by atoms with Crippen molar-refractivity contribution >= 4 is 11.7 Å². The molecule has 98 valence electrons. The second-order valence-corrected chi connectivity index (χ2v) is 3.59. The highest BCUT2D eigenvalue weighted by atomic mass is 16.6. The standard InChI is InChI=1S/C11H13NO6/c1-6(11(13)14)7-4-8(12(15)16)10(18-3)9(5-7)17-2/h4-6H,1-3H3,(H,13,14). The molecule has 1 unspecified atom stereocenters. The SMILES string of the molecule is COc1cc(C(C)C(=O)O)cc([N+](=O)[O-])c1OC. The number of methoxy groups -OCH3 is 2. The lowest BCUT2D eigenvalue weighted by Gasteiger charge is -2.12. The van der Waals surface area contributed by atoms with Crippen LogP contribution in [0.1, 0.15) is 18.4 Å².